The Morgan fingerprint density at radius 1 is 1.23 bits per heavy atom. The normalized spacial score (nSPS) is 20.7. The average Bonchev–Trinajstić information content (AvgIpc) is 2.19. The quantitative estimate of drug-likeness (QED) is 0.650. The van der Waals surface area contributed by atoms with Crippen molar-refractivity contribution in [3.8, 4) is 0 Å². The van der Waals surface area contributed by atoms with Crippen LogP contribution in [0.2, 0.25) is 0 Å². The summed E-state index contributed by atoms with van der Waals surface area (Å²) in [6.45, 7) is 0. The van der Waals surface area contributed by atoms with Crippen molar-refractivity contribution in [1.29, 1.82) is 0 Å². The van der Waals surface area contributed by atoms with Crippen LogP contribution in [0.1, 0.15) is 5.56 Å². The van der Waals surface area contributed by atoms with Gasteiger partial charge in [0.15, 0.2) is 0 Å². The van der Waals surface area contributed by atoms with E-state index in [1.54, 1.807) is 6.08 Å². The summed E-state index contributed by atoms with van der Waals surface area (Å²) in [6, 6.07) is 9.59. The Morgan fingerprint density at radius 3 is 2.69 bits per heavy atom. The van der Waals surface area contributed by atoms with E-state index in [4.69, 9.17) is 0 Å². The van der Waals surface area contributed by atoms with Gasteiger partial charge in [-0.1, -0.05) is 30.3 Å². The molecule has 0 aliphatic carbocycles. The molecule has 0 spiro atoms. The van der Waals surface area contributed by atoms with E-state index < -0.39 is 6.42 Å². The molecule has 0 saturated heterocycles. The highest BCUT2D eigenvalue weighted by molar-refractivity contribution is 5.85. The molecular formula is C10H9FN2. The van der Waals surface area contributed by atoms with Gasteiger partial charge in [-0.3, -0.25) is 0 Å². The first-order chi connectivity index (χ1) is 6.36. The lowest BCUT2D eigenvalue weighted by molar-refractivity contribution is 0.319. The molecule has 0 amide bonds. The first kappa shape index (κ1) is 7.98. The maximum Gasteiger partial charge on any atom is 0.264 e. The SMILES string of the molecule is FC1N=CC=C(c2ccccc2)N1. The summed E-state index contributed by atoms with van der Waals surface area (Å²) in [5, 5.41) is 2.63. The number of hydrogen-bond donors (Lipinski definition) is 1. The Bertz CT molecular complexity index is 343. The third-order valence-corrected chi connectivity index (χ3v) is 1.82. The summed E-state index contributed by atoms with van der Waals surface area (Å²) < 4.78 is 12.8. The number of halogens is 1. The van der Waals surface area contributed by atoms with Gasteiger partial charge in [-0.05, 0) is 11.6 Å². The largest absolute Gasteiger partial charge is 0.337 e. The number of nitrogens with zero attached hydrogens (tertiary/aromatic N) is 1. The van der Waals surface area contributed by atoms with Crippen LogP contribution in [0.25, 0.3) is 5.70 Å². The van der Waals surface area contributed by atoms with Gasteiger partial charge >= 0.3 is 0 Å². The van der Waals surface area contributed by atoms with Crippen molar-refractivity contribution in [3.63, 3.8) is 0 Å². The Morgan fingerprint density at radius 2 is 2.00 bits per heavy atom. The molecule has 1 aromatic rings. The number of benzene rings is 1. The molecule has 1 heterocycles. The summed E-state index contributed by atoms with van der Waals surface area (Å²) in [5.41, 5.74) is 1.74. The molecule has 0 aromatic heterocycles. The van der Waals surface area contributed by atoms with Gasteiger partial charge in [0.25, 0.3) is 6.42 Å². The second-order valence-corrected chi connectivity index (χ2v) is 2.72. The maximum absolute atomic E-state index is 12.8. The van der Waals surface area contributed by atoms with Crippen LogP contribution < -0.4 is 5.32 Å². The molecule has 2 rings (SSSR count). The van der Waals surface area contributed by atoms with Gasteiger partial charge in [-0.25, -0.2) is 4.99 Å². The Labute approximate surface area is 75.8 Å². The molecule has 0 radical (unpaired) electrons. The van der Waals surface area contributed by atoms with E-state index in [1.165, 1.54) is 6.21 Å². The zero-order chi connectivity index (χ0) is 9.10. The van der Waals surface area contributed by atoms with E-state index in [9.17, 15) is 4.39 Å². The van der Waals surface area contributed by atoms with E-state index in [0.717, 1.165) is 11.3 Å². The topological polar surface area (TPSA) is 24.4 Å². The van der Waals surface area contributed by atoms with Crippen molar-refractivity contribution in [2.24, 2.45) is 4.99 Å². The standard InChI is InChI=1S/C10H9FN2/c11-10-12-7-6-9(13-10)8-4-2-1-3-5-8/h1-7,10,13H. The number of hydrogen-bond acceptors (Lipinski definition) is 2. The Hall–Kier alpha value is -1.64. The monoisotopic (exact) mass is 176 g/mol. The molecule has 1 N–H and O–H groups in total. The van der Waals surface area contributed by atoms with E-state index in [2.05, 4.69) is 10.3 Å². The van der Waals surface area contributed by atoms with Crippen LogP contribution in [-0.2, 0) is 0 Å². The third-order valence-electron chi connectivity index (χ3n) is 1.82. The summed E-state index contributed by atoms with van der Waals surface area (Å²) in [7, 11) is 0. The highest BCUT2D eigenvalue weighted by Crippen LogP contribution is 2.13. The number of alkyl halides is 1. The number of aliphatic imine (C=N–C) groups is 1. The first-order valence-electron chi connectivity index (χ1n) is 4.06. The average molecular weight is 176 g/mol. The van der Waals surface area contributed by atoms with E-state index >= 15 is 0 Å². The van der Waals surface area contributed by atoms with Crippen molar-refractivity contribution < 1.29 is 4.39 Å². The second kappa shape index (κ2) is 3.39. The zero-order valence-electron chi connectivity index (χ0n) is 6.94. The summed E-state index contributed by atoms with van der Waals surface area (Å²) in [4.78, 5) is 3.53. The van der Waals surface area contributed by atoms with E-state index in [1.807, 2.05) is 30.3 Å². The predicted molar refractivity (Wildman–Crippen MR) is 50.9 cm³/mol. The fraction of sp³-hybridized carbons (Fsp3) is 0.100. The molecule has 1 aliphatic heterocycles. The van der Waals surface area contributed by atoms with Crippen molar-refractivity contribution in [3.05, 3.63) is 42.0 Å². The first-order valence-corrected chi connectivity index (χ1v) is 4.06. The second-order valence-electron chi connectivity index (χ2n) is 2.72. The predicted octanol–water partition coefficient (Wildman–Crippen LogP) is 1.95. The number of allylic oxidation sites excluding steroid dienone is 1. The van der Waals surface area contributed by atoms with Crippen LogP contribution in [0.5, 0.6) is 0 Å². The molecule has 0 bridgehead atoms. The van der Waals surface area contributed by atoms with Gasteiger partial charge in [0.1, 0.15) is 0 Å². The van der Waals surface area contributed by atoms with Gasteiger partial charge in [0, 0.05) is 11.9 Å². The van der Waals surface area contributed by atoms with Crippen molar-refractivity contribution in [2.45, 2.75) is 6.42 Å². The maximum atomic E-state index is 12.8. The van der Waals surface area contributed by atoms with Crippen LogP contribution in [0, 0.1) is 0 Å². The molecule has 66 valence electrons. The van der Waals surface area contributed by atoms with E-state index in [0.29, 0.717) is 0 Å². The summed E-state index contributed by atoms with van der Waals surface area (Å²) in [6.07, 6.45) is 1.91. The Balaban J connectivity index is 2.28. The number of nitrogens with one attached hydrogen (secondary N) is 1. The molecule has 1 atom stereocenters. The lowest BCUT2D eigenvalue weighted by Crippen LogP contribution is -2.24. The smallest absolute Gasteiger partial charge is 0.264 e. The Kier molecular flexibility index (Phi) is 2.08. The van der Waals surface area contributed by atoms with Crippen LogP contribution >= 0.6 is 0 Å². The van der Waals surface area contributed by atoms with Crippen LogP contribution in [-0.4, -0.2) is 12.6 Å². The lowest BCUT2D eigenvalue weighted by Gasteiger charge is -2.14. The third kappa shape index (κ3) is 1.75. The molecule has 0 saturated carbocycles. The summed E-state index contributed by atoms with van der Waals surface area (Å²) in [5.74, 6) is 0. The minimum Gasteiger partial charge on any atom is -0.337 e. The fourth-order valence-electron chi connectivity index (χ4n) is 1.20. The van der Waals surface area contributed by atoms with E-state index in [-0.39, 0.29) is 0 Å². The summed E-state index contributed by atoms with van der Waals surface area (Å²) >= 11 is 0. The molecule has 3 heteroatoms. The molecule has 1 aromatic carbocycles. The molecule has 2 nitrogen and oxygen atoms in total. The van der Waals surface area contributed by atoms with Crippen LogP contribution in [0.15, 0.2) is 41.4 Å². The van der Waals surface area contributed by atoms with Gasteiger partial charge < -0.3 is 5.32 Å². The molecule has 0 fully saturated rings. The zero-order valence-corrected chi connectivity index (χ0v) is 6.94. The van der Waals surface area contributed by atoms with Crippen molar-refractivity contribution >= 4 is 11.9 Å². The molecule has 1 unspecified atom stereocenters. The van der Waals surface area contributed by atoms with Crippen LogP contribution in [0.4, 0.5) is 4.39 Å². The lowest BCUT2D eigenvalue weighted by atomic mass is 10.1. The van der Waals surface area contributed by atoms with Crippen LogP contribution in [0.3, 0.4) is 0 Å². The molecule has 1 aliphatic rings. The highest BCUT2D eigenvalue weighted by atomic mass is 19.1. The minimum absolute atomic E-state index is 0.767. The molecular weight excluding hydrogens is 167 g/mol. The van der Waals surface area contributed by atoms with Gasteiger partial charge in [-0.15, -0.1) is 0 Å². The highest BCUT2D eigenvalue weighted by Gasteiger charge is 2.09. The van der Waals surface area contributed by atoms with Crippen molar-refractivity contribution in [1.82, 2.24) is 5.32 Å². The minimum atomic E-state index is -1.32. The molecule has 13 heavy (non-hydrogen) atoms. The van der Waals surface area contributed by atoms with Gasteiger partial charge in [0.05, 0.1) is 0 Å². The van der Waals surface area contributed by atoms with Gasteiger partial charge in [0.2, 0.25) is 0 Å². The van der Waals surface area contributed by atoms with Crippen molar-refractivity contribution in [2.75, 3.05) is 0 Å². The van der Waals surface area contributed by atoms with Gasteiger partial charge in [-0.2, -0.15) is 4.39 Å². The number of rotatable bonds is 1. The fourth-order valence-corrected chi connectivity index (χ4v) is 1.20.